The molecule has 2 rings (SSSR count). The molecule has 0 aliphatic rings. The fourth-order valence-corrected chi connectivity index (χ4v) is 2.61. The minimum atomic E-state index is -0.339. The Labute approximate surface area is 141 Å². The Morgan fingerprint density at radius 1 is 1.24 bits per heavy atom. The Bertz CT molecular complexity index is 679. The van der Waals surface area contributed by atoms with E-state index in [0.717, 1.165) is 0 Å². The predicted octanol–water partition coefficient (Wildman–Crippen LogP) is 4.77. The van der Waals surface area contributed by atoms with Gasteiger partial charge in [-0.2, -0.15) is 0 Å². The summed E-state index contributed by atoms with van der Waals surface area (Å²) in [4.78, 5) is 12.4. The summed E-state index contributed by atoms with van der Waals surface area (Å²) in [5.74, 6) is -0.633. The summed E-state index contributed by atoms with van der Waals surface area (Å²) < 4.78 is 13.7. The van der Waals surface area contributed by atoms with Crippen LogP contribution in [0.25, 0.3) is 0 Å². The number of nitrogens with one attached hydrogen (secondary N) is 2. The summed E-state index contributed by atoms with van der Waals surface area (Å²) in [6, 6.07) is 9.28. The molecule has 0 aromatic heterocycles. The Morgan fingerprint density at radius 3 is 2.62 bits per heavy atom. The zero-order valence-electron chi connectivity index (χ0n) is 11.2. The van der Waals surface area contributed by atoms with Gasteiger partial charge in [0.15, 0.2) is 0 Å². The van der Waals surface area contributed by atoms with Crippen molar-refractivity contribution in [2.75, 3.05) is 17.2 Å². The van der Waals surface area contributed by atoms with Gasteiger partial charge in [-0.05, 0) is 65.9 Å². The molecule has 0 bridgehead atoms. The molecule has 2 N–H and O–H groups in total. The molecule has 21 heavy (non-hydrogen) atoms. The maximum atomic E-state index is 13.1. The van der Waals surface area contributed by atoms with Gasteiger partial charge in [0.2, 0.25) is 0 Å². The lowest BCUT2D eigenvalue weighted by molar-refractivity contribution is 0.102. The quantitative estimate of drug-likeness (QED) is 0.703. The molecule has 0 atom stereocenters. The highest BCUT2D eigenvalue weighted by Gasteiger charge is 2.13. The van der Waals surface area contributed by atoms with E-state index in [2.05, 4.69) is 10.6 Å². The number of hydrogen-bond acceptors (Lipinski definition) is 2. The van der Waals surface area contributed by atoms with Gasteiger partial charge in [0, 0.05) is 20.8 Å². The first kappa shape index (κ1) is 16.0. The summed E-state index contributed by atoms with van der Waals surface area (Å²) in [6.45, 7) is 2.63. The molecule has 0 saturated carbocycles. The minimum absolute atomic E-state index is 0.294. The summed E-state index contributed by atoms with van der Waals surface area (Å²) in [7, 11) is 0. The van der Waals surface area contributed by atoms with E-state index in [1.807, 2.05) is 29.5 Å². The van der Waals surface area contributed by atoms with Crippen LogP contribution in [0.4, 0.5) is 15.8 Å². The molecular weight excluding hydrogens is 406 g/mol. The van der Waals surface area contributed by atoms with Crippen LogP contribution in [0.5, 0.6) is 0 Å². The van der Waals surface area contributed by atoms with Crippen LogP contribution in [0, 0.1) is 9.39 Å². The van der Waals surface area contributed by atoms with Crippen LogP contribution < -0.4 is 10.6 Å². The second kappa shape index (κ2) is 7.09. The fraction of sp³-hybridized carbons (Fsp3) is 0.133. The number of amides is 1. The van der Waals surface area contributed by atoms with E-state index in [-0.39, 0.29) is 11.7 Å². The van der Waals surface area contributed by atoms with Crippen molar-refractivity contribution >= 4 is 51.5 Å². The highest BCUT2D eigenvalue weighted by atomic mass is 127. The van der Waals surface area contributed by atoms with Gasteiger partial charge in [0.05, 0.1) is 11.3 Å². The molecule has 3 nitrogen and oxygen atoms in total. The normalized spacial score (nSPS) is 10.3. The first-order valence-corrected chi connectivity index (χ1v) is 7.76. The lowest BCUT2D eigenvalue weighted by atomic mass is 10.1. The molecule has 0 aliphatic heterocycles. The number of rotatable bonds is 4. The summed E-state index contributed by atoms with van der Waals surface area (Å²) >= 11 is 7.93. The number of anilines is 2. The Hall–Kier alpha value is -1.34. The van der Waals surface area contributed by atoms with Crippen LogP contribution in [0.1, 0.15) is 17.3 Å². The van der Waals surface area contributed by atoms with Crippen molar-refractivity contribution in [1.29, 1.82) is 0 Å². The molecule has 0 fully saturated rings. The van der Waals surface area contributed by atoms with Gasteiger partial charge in [-0.15, -0.1) is 0 Å². The van der Waals surface area contributed by atoms with E-state index in [1.165, 1.54) is 18.2 Å². The number of halogens is 3. The lowest BCUT2D eigenvalue weighted by Gasteiger charge is -2.12. The van der Waals surface area contributed by atoms with E-state index < -0.39 is 0 Å². The number of benzene rings is 2. The second-order valence-electron chi connectivity index (χ2n) is 4.30. The van der Waals surface area contributed by atoms with E-state index in [9.17, 15) is 9.18 Å². The van der Waals surface area contributed by atoms with Gasteiger partial charge in [-0.1, -0.05) is 11.6 Å². The molecule has 110 valence electrons. The van der Waals surface area contributed by atoms with Gasteiger partial charge in [-0.25, -0.2) is 4.39 Å². The van der Waals surface area contributed by atoms with Crippen LogP contribution in [-0.2, 0) is 0 Å². The topological polar surface area (TPSA) is 41.1 Å². The average molecular weight is 419 g/mol. The Balaban J connectivity index is 2.29. The molecule has 6 heteroatoms. The van der Waals surface area contributed by atoms with E-state index >= 15 is 0 Å². The van der Waals surface area contributed by atoms with Crippen molar-refractivity contribution in [3.05, 3.63) is 56.4 Å². The van der Waals surface area contributed by atoms with Gasteiger partial charge < -0.3 is 10.6 Å². The van der Waals surface area contributed by atoms with Crippen molar-refractivity contribution in [2.24, 2.45) is 0 Å². The first-order valence-electron chi connectivity index (χ1n) is 6.31. The molecule has 0 radical (unpaired) electrons. The first-order chi connectivity index (χ1) is 10.0. The largest absolute Gasteiger partial charge is 0.385 e. The Morgan fingerprint density at radius 2 is 1.95 bits per heavy atom. The van der Waals surface area contributed by atoms with Crippen molar-refractivity contribution in [3.8, 4) is 0 Å². The number of carbonyl (C=O) groups is 1. The van der Waals surface area contributed by atoms with Crippen LogP contribution in [0.3, 0.4) is 0 Å². The monoisotopic (exact) mass is 418 g/mol. The van der Waals surface area contributed by atoms with Crippen molar-refractivity contribution in [3.63, 3.8) is 0 Å². The van der Waals surface area contributed by atoms with Gasteiger partial charge in [0.1, 0.15) is 5.82 Å². The maximum absolute atomic E-state index is 13.1. The third kappa shape index (κ3) is 4.07. The molecule has 0 aliphatic carbocycles. The highest BCUT2D eigenvalue weighted by molar-refractivity contribution is 14.1. The predicted molar refractivity (Wildman–Crippen MR) is 92.7 cm³/mol. The highest BCUT2D eigenvalue weighted by Crippen LogP contribution is 2.24. The summed E-state index contributed by atoms with van der Waals surface area (Å²) in [5.41, 5.74) is 1.71. The maximum Gasteiger partial charge on any atom is 0.257 e. The average Bonchev–Trinajstić information content (AvgIpc) is 2.44. The molecule has 0 saturated heterocycles. The summed E-state index contributed by atoms with van der Waals surface area (Å²) in [6.07, 6.45) is 0. The molecule has 1 amide bonds. The van der Waals surface area contributed by atoms with Gasteiger partial charge in [-0.3, -0.25) is 4.79 Å². The lowest BCUT2D eigenvalue weighted by Crippen LogP contribution is -2.15. The van der Waals surface area contributed by atoms with E-state index in [1.54, 1.807) is 18.2 Å². The van der Waals surface area contributed by atoms with Crippen LogP contribution >= 0.6 is 34.2 Å². The molecule has 2 aromatic carbocycles. The van der Waals surface area contributed by atoms with Crippen LogP contribution in [-0.4, -0.2) is 12.5 Å². The zero-order valence-corrected chi connectivity index (χ0v) is 14.1. The standard InChI is InChI=1S/C15H13ClFIN2O/c1-2-19-13-5-3-9(16)7-11(13)15(21)20-14-6-4-10(17)8-12(14)18/h3-8,19H,2H2,1H3,(H,20,21). The molecular formula is C15H13ClFIN2O. The van der Waals surface area contributed by atoms with E-state index in [0.29, 0.717) is 32.1 Å². The second-order valence-corrected chi connectivity index (χ2v) is 5.90. The van der Waals surface area contributed by atoms with Gasteiger partial charge >= 0.3 is 0 Å². The van der Waals surface area contributed by atoms with Crippen molar-refractivity contribution < 1.29 is 9.18 Å². The zero-order chi connectivity index (χ0) is 15.4. The van der Waals surface area contributed by atoms with Crippen molar-refractivity contribution in [2.45, 2.75) is 6.92 Å². The molecule has 2 aromatic rings. The SMILES string of the molecule is CCNc1ccc(Cl)cc1C(=O)Nc1ccc(F)cc1I. The third-order valence-corrected chi connectivity index (χ3v) is 3.90. The molecule has 0 spiro atoms. The van der Waals surface area contributed by atoms with Crippen LogP contribution in [0.2, 0.25) is 5.02 Å². The van der Waals surface area contributed by atoms with E-state index in [4.69, 9.17) is 11.6 Å². The van der Waals surface area contributed by atoms with Crippen LogP contribution in [0.15, 0.2) is 36.4 Å². The fourth-order valence-electron chi connectivity index (χ4n) is 1.83. The van der Waals surface area contributed by atoms with Gasteiger partial charge in [0.25, 0.3) is 5.91 Å². The Kier molecular flexibility index (Phi) is 5.41. The smallest absolute Gasteiger partial charge is 0.257 e. The molecule has 0 heterocycles. The number of carbonyl (C=O) groups excluding carboxylic acids is 1. The third-order valence-electron chi connectivity index (χ3n) is 2.77. The number of hydrogen-bond donors (Lipinski definition) is 2. The minimum Gasteiger partial charge on any atom is -0.385 e. The summed E-state index contributed by atoms with van der Waals surface area (Å²) in [5, 5.41) is 6.36. The van der Waals surface area contributed by atoms with Crippen molar-refractivity contribution in [1.82, 2.24) is 0 Å². The molecule has 0 unspecified atom stereocenters.